The molecular weight excluding hydrogens is 244 g/mol. The maximum absolute atomic E-state index is 12.4. The molecule has 0 bridgehead atoms. The van der Waals surface area contributed by atoms with E-state index in [4.69, 9.17) is 0 Å². The van der Waals surface area contributed by atoms with Gasteiger partial charge in [-0.2, -0.15) is 13.2 Å². The second-order valence-corrected chi connectivity index (χ2v) is 6.77. The lowest BCUT2D eigenvalue weighted by Crippen LogP contribution is -2.10. The van der Waals surface area contributed by atoms with Crippen LogP contribution in [0.3, 0.4) is 0 Å². The Labute approximate surface area is 105 Å². The van der Waals surface area contributed by atoms with Gasteiger partial charge in [0.25, 0.3) is 0 Å². The summed E-state index contributed by atoms with van der Waals surface area (Å²) in [6.07, 6.45) is 12.1. The van der Waals surface area contributed by atoms with E-state index in [9.17, 15) is 13.2 Å². The van der Waals surface area contributed by atoms with Gasteiger partial charge in [-0.25, -0.2) is 0 Å². The molecule has 0 heterocycles. The highest BCUT2D eigenvalue weighted by molar-refractivity contribution is 7.40. The molecular formula is C13H24F3P. The minimum absolute atomic E-state index is 0.0885. The quantitative estimate of drug-likeness (QED) is 0.523. The van der Waals surface area contributed by atoms with Crippen LogP contribution in [0.15, 0.2) is 0 Å². The van der Waals surface area contributed by atoms with Crippen LogP contribution in [0, 0.1) is 0 Å². The second-order valence-electron chi connectivity index (χ2n) is 5.10. The molecule has 102 valence electrons. The number of halogens is 3. The third kappa shape index (κ3) is 8.88. The molecule has 0 aromatic carbocycles. The maximum atomic E-state index is 12.4. The second kappa shape index (κ2) is 8.34. The minimum atomic E-state index is -3.94. The van der Waals surface area contributed by atoms with Crippen LogP contribution in [0.1, 0.15) is 70.6 Å². The van der Waals surface area contributed by atoms with Gasteiger partial charge in [0.1, 0.15) is 0 Å². The minimum Gasteiger partial charge on any atom is -0.167 e. The molecule has 1 rings (SSSR count). The van der Waals surface area contributed by atoms with Gasteiger partial charge in [0.15, 0.2) is 0 Å². The van der Waals surface area contributed by atoms with Crippen molar-refractivity contribution in [3.63, 3.8) is 0 Å². The van der Waals surface area contributed by atoms with Gasteiger partial charge in [0.05, 0.1) is 0 Å². The van der Waals surface area contributed by atoms with E-state index in [1.54, 1.807) is 0 Å². The smallest absolute Gasteiger partial charge is 0.167 e. The average Bonchev–Trinajstić information content (AvgIpc) is 2.20. The lowest BCUT2D eigenvalue weighted by atomic mass is 10.0. The largest absolute Gasteiger partial charge is 0.402 e. The van der Waals surface area contributed by atoms with Crippen molar-refractivity contribution in [3.8, 4) is 0 Å². The summed E-state index contributed by atoms with van der Waals surface area (Å²) in [6.45, 7) is 0. The summed E-state index contributed by atoms with van der Waals surface area (Å²) in [7, 11) is -0.826. The number of hydrogen-bond acceptors (Lipinski definition) is 0. The van der Waals surface area contributed by atoms with Crippen molar-refractivity contribution in [2.75, 3.05) is 0 Å². The first-order valence-corrected chi connectivity index (χ1v) is 8.00. The van der Waals surface area contributed by atoms with E-state index in [-0.39, 0.29) is 5.66 Å². The summed E-state index contributed by atoms with van der Waals surface area (Å²) in [5.41, 5.74) is -0.0885. The topological polar surface area (TPSA) is 0 Å². The van der Waals surface area contributed by atoms with E-state index in [0.717, 1.165) is 38.5 Å². The van der Waals surface area contributed by atoms with Gasteiger partial charge in [0.2, 0.25) is 0 Å². The van der Waals surface area contributed by atoms with E-state index < -0.39 is 14.5 Å². The zero-order valence-corrected chi connectivity index (χ0v) is 11.5. The molecule has 0 saturated heterocycles. The molecule has 1 unspecified atom stereocenters. The first kappa shape index (κ1) is 15.3. The van der Waals surface area contributed by atoms with Crippen LogP contribution in [0.5, 0.6) is 0 Å². The van der Waals surface area contributed by atoms with Crippen molar-refractivity contribution < 1.29 is 13.2 Å². The average molecular weight is 268 g/mol. The van der Waals surface area contributed by atoms with Crippen molar-refractivity contribution in [2.45, 2.75) is 82.2 Å². The van der Waals surface area contributed by atoms with Crippen molar-refractivity contribution >= 4 is 8.58 Å². The zero-order valence-electron chi connectivity index (χ0n) is 10.5. The molecule has 1 atom stereocenters. The van der Waals surface area contributed by atoms with Gasteiger partial charge >= 0.3 is 5.92 Å². The fourth-order valence-corrected chi connectivity index (χ4v) is 3.70. The molecule has 1 aliphatic rings. The van der Waals surface area contributed by atoms with Crippen molar-refractivity contribution in [2.24, 2.45) is 0 Å². The Morgan fingerprint density at radius 2 is 1.00 bits per heavy atom. The molecule has 0 N–H and O–H groups in total. The molecule has 1 aliphatic carbocycles. The van der Waals surface area contributed by atoms with Crippen LogP contribution in [0.2, 0.25) is 0 Å². The Bertz CT molecular complexity index is 180. The molecule has 0 nitrogen and oxygen atoms in total. The molecule has 0 aromatic rings. The van der Waals surface area contributed by atoms with Crippen LogP contribution in [0.25, 0.3) is 0 Å². The van der Waals surface area contributed by atoms with Crippen molar-refractivity contribution in [1.82, 2.24) is 0 Å². The van der Waals surface area contributed by atoms with Gasteiger partial charge in [0, 0.05) is 0 Å². The molecule has 1 fully saturated rings. The first-order valence-electron chi connectivity index (χ1n) is 6.92. The summed E-state index contributed by atoms with van der Waals surface area (Å²) < 4.78 is 37.2. The highest BCUT2D eigenvalue weighted by Crippen LogP contribution is 2.44. The van der Waals surface area contributed by atoms with Gasteiger partial charge in [-0.05, 0) is 27.1 Å². The van der Waals surface area contributed by atoms with E-state index in [1.807, 2.05) is 0 Å². The molecule has 0 radical (unpaired) electrons. The third-order valence-corrected chi connectivity index (χ3v) is 4.79. The van der Waals surface area contributed by atoms with Crippen molar-refractivity contribution in [3.05, 3.63) is 0 Å². The van der Waals surface area contributed by atoms with Crippen LogP contribution >= 0.6 is 8.58 Å². The normalized spacial score (nSPS) is 23.5. The molecule has 4 heteroatoms. The van der Waals surface area contributed by atoms with Crippen LogP contribution in [0.4, 0.5) is 13.2 Å². The number of rotatable bonds is 1. The van der Waals surface area contributed by atoms with Crippen molar-refractivity contribution in [1.29, 1.82) is 0 Å². The Kier molecular flexibility index (Phi) is 7.50. The van der Waals surface area contributed by atoms with Gasteiger partial charge < -0.3 is 0 Å². The highest BCUT2D eigenvalue weighted by atomic mass is 31.1. The maximum Gasteiger partial charge on any atom is 0.402 e. The predicted molar refractivity (Wildman–Crippen MR) is 68.9 cm³/mol. The Balaban J connectivity index is 2.32. The Hall–Kier alpha value is 0.220. The summed E-state index contributed by atoms with van der Waals surface area (Å²) in [5, 5.41) is 0. The van der Waals surface area contributed by atoms with Crippen LogP contribution in [-0.4, -0.2) is 11.6 Å². The lowest BCUT2D eigenvalue weighted by Gasteiger charge is -2.19. The molecule has 0 amide bonds. The third-order valence-electron chi connectivity index (χ3n) is 3.47. The van der Waals surface area contributed by atoms with Crippen LogP contribution in [-0.2, 0) is 0 Å². The van der Waals surface area contributed by atoms with E-state index in [0.29, 0.717) is 0 Å². The highest BCUT2D eigenvalue weighted by Gasteiger charge is 2.31. The molecule has 0 aliphatic heterocycles. The van der Waals surface area contributed by atoms with E-state index in [2.05, 4.69) is 0 Å². The first-order chi connectivity index (χ1) is 8.08. The number of alkyl halides is 3. The standard InChI is InChI=1S/C13H24F3P/c14-13(15,16)17-12-10-8-6-4-2-1-3-5-7-9-11-12/h12,17H,1-11H2. The van der Waals surface area contributed by atoms with E-state index >= 15 is 0 Å². The Morgan fingerprint density at radius 1 is 0.647 bits per heavy atom. The predicted octanol–water partition coefficient (Wildman–Crippen LogP) is 5.86. The van der Waals surface area contributed by atoms with E-state index in [1.165, 1.54) is 32.1 Å². The fraction of sp³-hybridized carbons (Fsp3) is 1.00. The van der Waals surface area contributed by atoms with Crippen LogP contribution < -0.4 is 0 Å². The fourth-order valence-electron chi connectivity index (χ4n) is 2.54. The van der Waals surface area contributed by atoms with Gasteiger partial charge in [-0.15, -0.1) is 0 Å². The molecule has 0 spiro atoms. The summed E-state index contributed by atoms with van der Waals surface area (Å²) in [4.78, 5) is 0. The molecule has 17 heavy (non-hydrogen) atoms. The summed E-state index contributed by atoms with van der Waals surface area (Å²) >= 11 is 0. The zero-order chi connectivity index (χ0) is 12.6. The SMILES string of the molecule is FC(F)(F)PC1CCCCCCCCCCC1. The number of hydrogen-bond donors (Lipinski definition) is 0. The molecule has 1 saturated carbocycles. The lowest BCUT2D eigenvalue weighted by molar-refractivity contribution is -0.0379. The van der Waals surface area contributed by atoms with Gasteiger partial charge in [-0.1, -0.05) is 57.8 Å². The Morgan fingerprint density at radius 3 is 1.35 bits per heavy atom. The monoisotopic (exact) mass is 268 g/mol. The summed E-state index contributed by atoms with van der Waals surface area (Å²) in [6, 6.07) is 0. The molecule has 0 aromatic heterocycles. The van der Waals surface area contributed by atoms with Gasteiger partial charge in [-0.3, -0.25) is 0 Å². The summed E-state index contributed by atoms with van der Waals surface area (Å²) in [5.74, 6) is -3.94.